The average molecular weight is 358 g/mol. The number of aliphatic hydroxyl groups is 1. The lowest BCUT2D eigenvalue weighted by atomic mass is 9.97. The molecule has 2 atom stereocenters. The van der Waals surface area contributed by atoms with Gasteiger partial charge in [0, 0.05) is 5.69 Å². The Labute approximate surface area is 152 Å². The molecule has 0 amide bonds. The second-order valence-corrected chi connectivity index (χ2v) is 5.76. The minimum atomic E-state index is -0.888. The summed E-state index contributed by atoms with van der Waals surface area (Å²) in [4.78, 5) is 12.2. The number of esters is 1. The zero-order valence-electron chi connectivity index (χ0n) is 14.6. The molecule has 0 aliphatic rings. The first kappa shape index (κ1) is 19.6. The molecule has 0 saturated carbocycles. The molecule has 0 aliphatic carbocycles. The highest BCUT2D eigenvalue weighted by Crippen LogP contribution is 2.23. The quantitative estimate of drug-likeness (QED) is 0.364. The van der Waals surface area contributed by atoms with Crippen molar-refractivity contribution < 1.29 is 19.0 Å². The van der Waals surface area contributed by atoms with Gasteiger partial charge in [-0.1, -0.05) is 36.9 Å². The van der Waals surface area contributed by atoms with Gasteiger partial charge in [-0.2, -0.15) is 0 Å². The van der Waals surface area contributed by atoms with E-state index in [0.29, 0.717) is 16.8 Å². The largest absolute Gasteiger partial charge is 0.465 e. The van der Waals surface area contributed by atoms with Crippen molar-refractivity contribution in [2.75, 3.05) is 12.0 Å². The molecule has 138 valence electrons. The van der Waals surface area contributed by atoms with E-state index in [1.807, 2.05) is 18.2 Å². The van der Waals surface area contributed by atoms with Crippen molar-refractivity contribution in [1.82, 2.24) is 5.43 Å². The van der Waals surface area contributed by atoms with Gasteiger partial charge < -0.3 is 15.3 Å². The normalized spacial score (nSPS) is 12.9. The monoisotopic (exact) mass is 358 g/mol. The third kappa shape index (κ3) is 5.68. The molecule has 6 heteroatoms. The van der Waals surface area contributed by atoms with Gasteiger partial charge in [-0.15, -0.1) is 0 Å². The van der Waals surface area contributed by atoms with Crippen molar-refractivity contribution >= 4 is 11.7 Å². The second-order valence-electron chi connectivity index (χ2n) is 5.76. The smallest absolute Gasteiger partial charge is 0.325 e. The van der Waals surface area contributed by atoms with Crippen LogP contribution in [0.15, 0.2) is 66.7 Å². The lowest BCUT2D eigenvalue weighted by molar-refractivity contribution is -0.145. The first-order valence-corrected chi connectivity index (χ1v) is 8.35. The number of hydrazine groups is 1. The number of carbonyl (C=O) groups is 1. The highest BCUT2D eigenvalue weighted by atomic mass is 19.1. The average Bonchev–Trinajstić information content (AvgIpc) is 2.66. The summed E-state index contributed by atoms with van der Waals surface area (Å²) in [7, 11) is 0. The Balaban J connectivity index is 2.02. The van der Waals surface area contributed by atoms with Crippen LogP contribution in [0.25, 0.3) is 0 Å². The highest BCUT2D eigenvalue weighted by molar-refractivity contribution is 5.76. The van der Waals surface area contributed by atoms with Crippen LogP contribution in [-0.4, -0.2) is 23.7 Å². The summed E-state index contributed by atoms with van der Waals surface area (Å²) in [6, 6.07) is 14.0. The Bertz CT molecular complexity index is 720. The van der Waals surface area contributed by atoms with Crippen molar-refractivity contribution in [2.45, 2.75) is 25.5 Å². The fraction of sp³-hybridized carbons (Fsp3) is 0.250. The number of hydrogen-bond donors (Lipinski definition) is 3. The van der Waals surface area contributed by atoms with Crippen molar-refractivity contribution in [3.63, 3.8) is 0 Å². The summed E-state index contributed by atoms with van der Waals surface area (Å²) in [5.74, 6) is -0.819. The minimum Gasteiger partial charge on any atom is -0.465 e. The van der Waals surface area contributed by atoms with Crippen LogP contribution in [0.3, 0.4) is 0 Å². The maximum Gasteiger partial charge on any atom is 0.325 e. The van der Waals surface area contributed by atoms with Crippen LogP contribution in [0.1, 0.15) is 25.0 Å². The molecule has 2 aromatic carbocycles. The first-order chi connectivity index (χ1) is 12.5. The lowest BCUT2D eigenvalue weighted by Gasteiger charge is -2.22. The zero-order valence-corrected chi connectivity index (χ0v) is 14.6. The van der Waals surface area contributed by atoms with Gasteiger partial charge in [-0.05, 0) is 48.7 Å². The van der Waals surface area contributed by atoms with E-state index in [1.54, 1.807) is 19.1 Å². The van der Waals surface area contributed by atoms with Gasteiger partial charge >= 0.3 is 5.97 Å². The molecule has 3 N–H and O–H groups in total. The molecular formula is C20H23FN2O3. The van der Waals surface area contributed by atoms with Gasteiger partial charge in [-0.3, -0.25) is 4.79 Å². The van der Waals surface area contributed by atoms with Gasteiger partial charge in [0.2, 0.25) is 0 Å². The van der Waals surface area contributed by atoms with E-state index in [4.69, 9.17) is 4.74 Å². The molecule has 0 spiro atoms. The van der Waals surface area contributed by atoms with Gasteiger partial charge in [0.25, 0.3) is 0 Å². The molecule has 2 aromatic rings. The lowest BCUT2D eigenvalue weighted by Crippen LogP contribution is -2.42. The Morgan fingerprint density at radius 3 is 2.46 bits per heavy atom. The SMILES string of the molecule is C=C(CC(NNc1ccc(F)cc1)C(=O)OCC)C(O)c1ccccc1. The number of ether oxygens (including phenoxy) is 1. The summed E-state index contributed by atoms with van der Waals surface area (Å²) in [5, 5.41) is 10.4. The van der Waals surface area contributed by atoms with E-state index in [2.05, 4.69) is 17.4 Å². The van der Waals surface area contributed by atoms with Crippen LogP contribution in [0.5, 0.6) is 0 Å². The van der Waals surface area contributed by atoms with Crippen LogP contribution in [-0.2, 0) is 9.53 Å². The Morgan fingerprint density at radius 1 is 1.19 bits per heavy atom. The molecule has 26 heavy (non-hydrogen) atoms. The highest BCUT2D eigenvalue weighted by Gasteiger charge is 2.23. The molecule has 2 unspecified atom stereocenters. The van der Waals surface area contributed by atoms with E-state index in [-0.39, 0.29) is 18.8 Å². The van der Waals surface area contributed by atoms with Crippen molar-refractivity contribution in [1.29, 1.82) is 0 Å². The number of rotatable bonds is 9. The molecule has 2 rings (SSSR count). The van der Waals surface area contributed by atoms with Crippen LogP contribution < -0.4 is 10.9 Å². The topological polar surface area (TPSA) is 70.6 Å². The number of nitrogens with one attached hydrogen (secondary N) is 2. The summed E-state index contributed by atoms with van der Waals surface area (Å²) >= 11 is 0. The zero-order chi connectivity index (χ0) is 18.9. The molecule has 0 aromatic heterocycles. The molecule has 0 radical (unpaired) electrons. The predicted molar refractivity (Wildman–Crippen MR) is 98.7 cm³/mol. The van der Waals surface area contributed by atoms with E-state index in [0.717, 1.165) is 0 Å². The molecule has 0 heterocycles. The summed E-state index contributed by atoms with van der Waals surface area (Å²) in [5.41, 5.74) is 7.48. The van der Waals surface area contributed by atoms with Crippen LogP contribution in [0.4, 0.5) is 10.1 Å². The Morgan fingerprint density at radius 2 is 1.85 bits per heavy atom. The van der Waals surface area contributed by atoms with Crippen LogP contribution in [0.2, 0.25) is 0 Å². The second kappa shape index (κ2) is 9.70. The maximum atomic E-state index is 13.0. The summed E-state index contributed by atoms with van der Waals surface area (Å²) < 4.78 is 18.0. The summed E-state index contributed by atoms with van der Waals surface area (Å²) in [6.07, 6.45) is -0.718. The molecular weight excluding hydrogens is 335 g/mol. The minimum absolute atomic E-state index is 0.170. The van der Waals surface area contributed by atoms with Crippen molar-refractivity contribution in [2.24, 2.45) is 0 Å². The predicted octanol–water partition coefficient (Wildman–Crippen LogP) is 3.35. The number of carbonyl (C=O) groups excluding carboxylic acids is 1. The van der Waals surface area contributed by atoms with Crippen molar-refractivity contribution in [3.8, 4) is 0 Å². The molecule has 0 bridgehead atoms. The molecule has 0 aliphatic heterocycles. The van der Waals surface area contributed by atoms with Gasteiger partial charge in [0.15, 0.2) is 0 Å². The fourth-order valence-corrected chi connectivity index (χ4v) is 2.38. The number of halogens is 1. The Hall–Kier alpha value is -2.70. The van der Waals surface area contributed by atoms with Crippen molar-refractivity contribution in [3.05, 3.63) is 78.1 Å². The number of benzene rings is 2. The van der Waals surface area contributed by atoms with E-state index < -0.39 is 18.1 Å². The van der Waals surface area contributed by atoms with Gasteiger partial charge in [-0.25, -0.2) is 9.82 Å². The molecule has 5 nitrogen and oxygen atoms in total. The number of hydrogen-bond acceptors (Lipinski definition) is 5. The van der Waals surface area contributed by atoms with Crippen LogP contribution in [0, 0.1) is 5.82 Å². The van der Waals surface area contributed by atoms with Crippen LogP contribution >= 0.6 is 0 Å². The number of anilines is 1. The van der Waals surface area contributed by atoms with E-state index in [9.17, 15) is 14.3 Å². The standard InChI is InChI=1S/C20H23FN2O3/c1-3-26-20(25)18(23-22-17-11-9-16(21)10-12-17)13-14(2)19(24)15-7-5-4-6-8-15/h4-12,18-19,22-24H,2-3,13H2,1H3. The Kier molecular flexibility index (Phi) is 7.32. The molecule has 0 saturated heterocycles. The van der Waals surface area contributed by atoms with E-state index in [1.165, 1.54) is 24.3 Å². The third-order valence-electron chi connectivity index (χ3n) is 3.77. The maximum absolute atomic E-state index is 13.0. The molecule has 0 fully saturated rings. The van der Waals surface area contributed by atoms with E-state index >= 15 is 0 Å². The summed E-state index contributed by atoms with van der Waals surface area (Å²) in [6.45, 7) is 5.86. The first-order valence-electron chi connectivity index (χ1n) is 8.35. The fourth-order valence-electron chi connectivity index (χ4n) is 2.38. The third-order valence-corrected chi connectivity index (χ3v) is 3.77. The number of aliphatic hydroxyl groups excluding tert-OH is 1. The van der Waals surface area contributed by atoms with Gasteiger partial charge in [0.05, 0.1) is 12.7 Å². The van der Waals surface area contributed by atoms with Gasteiger partial charge in [0.1, 0.15) is 11.9 Å².